The van der Waals surface area contributed by atoms with E-state index in [1.807, 2.05) is 18.4 Å². The molecule has 8 heteroatoms. The molecular weight excluding hydrogens is 418 g/mol. The third-order valence-electron chi connectivity index (χ3n) is 5.05. The fourth-order valence-corrected chi connectivity index (χ4v) is 4.67. The zero-order valence-corrected chi connectivity index (χ0v) is 18.3. The second kappa shape index (κ2) is 9.51. The molecule has 1 fully saturated rings. The van der Waals surface area contributed by atoms with E-state index in [-0.39, 0.29) is 17.8 Å². The van der Waals surface area contributed by atoms with Gasteiger partial charge in [0, 0.05) is 17.6 Å². The number of likely N-dealkylation sites (tertiary alicyclic amines) is 1. The smallest absolute Gasteiger partial charge is 0.314 e. The molecule has 1 aromatic carbocycles. The summed E-state index contributed by atoms with van der Waals surface area (Å²) in [5, 5.41) is 7.88. The molecule has 3 heterocycles. The van der Waals surface area contributed by atoms with Crippen molar-refractivity contribution in [2.24, 2.45) is 5.92 Å². The van der Waals surface area contributed by atoms with Crippen molar-refractivity contribution in [3.05, 3.63) is 62.7 Å². The van der Waals surface area contributed by atoms with Crippen molar-refractivity contribution in [2.45, 2.75) is 26.3 Å². The second-order valence-electron chi connectivity index (χ2n) is 7.29. The van der Waals surface area contributed by atoms with Gasteiger partial charge in [-0.25, -0.2) is 4.98 Å². The van der Waals surface area contributed by atoms with Gasteiger partial charge in [0.25, 0.3) is 5.91 Å². The highest BCUT2D eigenvalue weighted by atomic mass is 32.1. The number of ether oxygens (including phenoxy) is 1. The highest BCUT2D eigenvalue weighted by Crippen LogP contribution is 2.23. The molecule has 0 bridgehead atoms. The first kappa shape index (κ1) is 20.7. The van der Waals surface area contributed by atoms with Crippen LogP contribution in [-0.2, 0) is 11.3 Å². The monoisotopic (exact) mass is 441 g/mol. The van der Waals surface area contributed by atoms with Gasteiger partial charge in [-0.2, -0.15) is 0 Å². The number of thiophene rings is 1. The van der Waals surface area contributed by atoms with Crippen molar-refractivity contribution < 1.29 is 14.3 Å². The Hall–Kier alpha value is -2.55. The summed E-state index contributed by atoms with van der Waals surface area (Å²) in [6.07, 6.45) is 1.58. The Bertz CT molecular complexity index is 991. The molecule has 1 amide bonds. The SMILES string of the molecule is Cc1nc(CN2CCC(C(=O)Oc3ccc(NC(=O)c4cccs4)cc3)CC2)cs1. The fraction of sp³-hybridized carbons (Fsp3) is 0.318. The minimum atomic E-state index is -0.186. The lowest BCUT2D eigenvalue weighted by atomic mass is 9.97. The largest absolute Gasteiger partial charge is 0.426 e. The van der Waals surface area contributed by atoms with E-state index in [9.17, 15) is 9.59 Å². The Morgan fingerprint density at radius 1 is 1.17 bits per heavy atom. The molecule has 2 aromatic heterocycles. The number of nitrogens with one attached hydrogen (secondary N) is 1. The molecule has 0 atom stereocenters. The van der Waals surface area contributed by atoms with Crippen molar-refractivity contribution in [1.82, 2.24) is 9.88 Å². The Morgan fingerprint density at radius 3 is 2.57 bits per heavy atom. The van der Waals surface area contributed by atoms with E-state index in [0.717, 1.165) is 43.2 Å². The van der Waals surface area contributed by atoms with Crippen molar-refractivity contribution in [3.63, 3.8) is 0 Å². The van der Waals surface area contributed by atoms with Gasteiger partial charge in [-0.1, -0.05) is 6.07 Å². The second-order valence-corrected chi connectivity index (χ2v) is 9.30. The number of amides is 1. The summed E-state index contributed by atoms with van der Waals surface area (Å²) in [5.41, 5.74) is 1.77. The topological polar surface area (TPSA) is 71.5 Å². The van der Waals surface area contributed by atoms with Crippen molar-refractivity contribution in [3.8, 4) is 5.75 Å². The van der Waals surface area contributed by atoms with E-state index >= 15 is 0 Å². The average molecular weight is 442 g/mol. The number of piperidine rings is 1. The van der Waals surface area contributed by atoms with Crippen LogP contribution >= 0.6 is 22.7 Å². The third kappa shape index (κ3) is 5.33. The number of aromatic nitrogens is 1. The predicted octanol–water partition coefficient (Wildman–Crippen LogP) is 4.58. The maximum atomic E-state index is 12.5. The lowest BCUT2D eigenvalue weighted by molar-refractivity contribution is -0.140. The Labute approximate surface area is 183 Å². The number of hydrogen-bond acceptors (Lipinski definition) is 7. The molecule has 0 aliphatic carbocycles. The molecule has 0 radical (unpaired) electrons. The molecule has 1 aliphatic rings. The van der Waals surface area contributed by atoms with Gasteiger partial charge < -0.3 is 10.1 Å². The number of carbonyl (C=O) groups is 2. The highest BCUT2D eigenvalue weighted by Gasteiger charge is 2.27. The molecule has 1 N–H and O–H groups in total. The van der Waals surface area contributed by atoms with Crippen LogP contribution in [0.2, 0.25) is 0 Å². The number of rotatable bonds is 6. The lowest BCUT2D eigenvalue weighted by Gasteiger charge is -2.30. The van der Waals surface area contributed by atoms with Gasteiger partial charge in [-0.3, -0.25) is 14.5 Å². The third-order valence-corrected chi connectivity index (χ3v) is 6.74. The Morgan fingerprint density at radius 2 is 1.93 bits per heavy atom. The minimum absolute atomic E-state index is 0.0865. The van der Waals surface area contributed by atoms with E-state index < -0.39 is 0 Å². The van der Waals surface area contributed by atoms with Crippen molar-refractivity contribution in [1.29, 1.82) is 0 Å². The van der Waals surface area contributed by atoms with Gasteiger partial charge in [0.15, 0.2) is 0 Å². The van der Waals surface area contributed by atoms with Crippen LogP contribution in [0.4, 0.5) is 5.69 Å². The van der Waals surface area contributed by atoms with Crippen LogP contribution < -0.4 is 10.1 Å². The molecule has 1 saturated heterocycles. The van der Waals surface area contributed by atoms with Crippen LogP contribution in [0, 0.1) is 12.8 Å². The van der Waals surface area contributed by atoms with Crippen LogP contribution in [0.15, 0.2) is 47.2 Å². The normalized spacial score (nSPS) is 15.1. The van der Waals surface area contributed by atoms with Gasteiger partial charge in [-0.15, -0.1) is 22.7 Å². The number of esters is 1. The quantitative estimate of drug-likeness (QED) is 0.448. The van der Waals surface area contributed by atoms with E-state index in [2.05, 4.69) is 20.6 Å². The van der Waals surface area contributed by atoms with E-state index in [1.54, 1.807) is 41.7 Å². The number of nitrogens with zero attached hydrogens (tertiary/aromatic N) is 2. The van der Waals surface area contributed by atoms with Gasteiger partial charge in [0.05, 0.1) is 21.5 Å². The number of carbonyl (C=O) groups excluding carboxylic acids is 2. The summed E-state index contributed by atoms with van der Waals surface area (Å²) in [6, 6.07) is 10.5. The Kier molecular flexibility index (Phi) is 6.56. The molecule has 30 heavy (non-hydrogen) atoms. The minimum Gasteiger partial charge on any atom is -0.426 e. The number of anilines is 1. The number of thiazole rings is 1. The molecular formula is C22H23N3O3S2. The van der Waals surface area contributed by atoms with Crippen LogP contribution in [0.25, 0.3) is 0 Å². The number of hydrogen-bond donors (Lipinski definition) is 1. The highest BCUT2D eigenvalue weighted by molar-refractivity contribution is 7.12. The fourth-order valence-electron chi connectivity index (χ4n) is 3.44. The predicted molar refractivity (Wildman–Crippen MR) is 119 cm³/mol. The first-order valence-electron chi connectivity index (χ1n) is 9.87. The van der Waals surface area contributed by atoms with Gasteiger partial charge in [-0.05, 0) is 68.6 Å². The lowest BCUT2D eigenvalue weighted by Crippen LogP contribution is -2.37. The standard InChI is InChI=1S/C22H23N3O3S2/c1-15-23-18(14-30-15)13-25-10-8-16(9-11-25)22(27)28-19-6-4-17(5-7-19)24-21(26)20-3-2-12-29-20/h2-7,12,14,16H,8-11,13H2,1H3,(H,24,26). The van der Waals surface area contributed by atoms with E-state index in [4.69, 9.17) is 4.74 Å². The summed E-state index contributed by atoms with van der Waals surface area (Å²) < 4.78 is 5.56. The summed E-state index contributed by atoms with van der Waals surface area (Å²) >= 11 is 3.06. The summed E-state index contributed by atoms with van der Waals surface area (Å²) in [5.74, 6) is 0.0787. The van der Waals surface area contributed by atoms with Gasteiger partial charge in [0.1, 0.15) is 5.75 Å². The number of benzene rings is 1. The first-order valence-corrected chi connectivity index (χ1v) is 11.6. The zero-order chi connectivity index (χ0) is 20.9. The van der Waals surface area contributed by atoms with Crippen molar-refractivity contribution >= 4 is 40.2 Å². The first-order chi connectivity index (χ1) is 14.6. The maximum absolute atomic E-state index is 12.5. The molecule has 0 saturated carbocycles. The zero-order valence-electron chi connectivity index (χ0n) is 16.7. The molecule has 156 valence electrons. The van der Waals surface area contributed by atoms with Crippen LogP contribution in [0.3, 0.4) is 0 Å². The molecule has 0 spiro atoms. The summed E-state index contributed by atoms with van der Waals surface area (Å²) in [4.78, 5) is 32.1. The van der Waals surface area contributed by atoms with E-state index in [1.165, 1.54) is 11.3 Å². The van der Waals surface area contributed by atoms with Crippen LogP contribution in [-0.4, -0.2) is 34.8 Å². The average Bonchev–Trinajstić information content (AvgIpc) is 3.42. The summed E-state index contributed by atoms with van der Waals surface area (Å²) in [6.45, 7) is 4.58. The van der Waals surface area contributed by atoms with Crippen molar-refractivity contribution in [2.75, 3.05) is 18.4 Å². The molecule has 1 aliphatic heterocycles. The molecule has 6 nitrogen and oxygen atoms in total. The van der Waals surface area contributed by atoms with Gasteiger partial charge >= 0.3 is 5.97 Å². The van der Waals surface area contributed by atoms with Gasteiger partial charge in [0.2, 0.25) is 0 Å². The number of aryl methyl sites for hydroxylation is 1. The molecule has 3 aromatic rings. The summed E-state index contributed by atoms with van der Waals surface area (Å²) in [7, 11) is 0. The molecule has 4 rings (SSSR count). The molecule has 0 unspecified atom stereocenters. The maximum Gasteiger partial charge on any atom is 0.314 e. The van der Waals surface area contributed by atoms with Crippen LogP contribution in [0.1, 0.15) is 33.2 Å². The Balaban J connectivity index is 1.24. The van der Waals surface area contributed by atoms with Crippen LogP contribution in [0.5, 0.6) is 5.75 Å². The van der Waals surface area contributed by atoms with E-state index in [0.29, 0.717) is 16.3 Å².